The smallest absolute Gasteiger partial charge is 0.331 e. The van der Waals surface area contributed by atoms with Crippen LogP contribution in [-0.2, 0) is 9.53 Å². The van der Waals surface area contributed by atoms with Crippen LogP contribution in [-0.4, -0.2) is 18.7 Å². The van der Waals surface area contributed by atoms with E-state index in [4.69, 9.17) is 9.47 Å². The summed E-state index contributed by atoms with van der Waals surface area (Å²) >= 11 is 0. The molecule has 0 aliphatic rings. The van der Waals surface area contributed by atoms with Crippen molar-refractivity contribution in [2.45, 2.75) is 74.3 Å². The molecule has 0 spiro atoms. The van der Waals surface area contributed by atoms with E-state index in [1.165, 1.54) is 28.3 Å². The summed E-state index contributed by atoms with van der Waals surface area (Å²) in [5.74, 6) is 0.681. The molecule has 0 fully saturated rings. The molecular weight excluding hydrogens is 372 g/mol. The van der Waals surface area contributed by atoms with Crippen LogP contribution >= 0.6 is 0 Å². The lowest BCUT2D eigenvalue weighted by Gasteiger charge is -2.17. The second-order valence-electron chi connectivity index (χ2n) is 8.03. The van der Waals surface area contributed by atoms with Gasteiger partial charge >= 0.3 is 5.97 Å². The van der Waals surface area contributed by atoms with Crippen LogP contribution in [0.2, 0.25) is 0 Å². The van der Waals surface area contributed by atoms with Crippen LogP contribution in [0.15, 0.2) is 47.6 Å². The number of carbonyl (C=O) groups is 1. The maximum absolute atomic E-state index is 11.7. The molecule has 0 atom stereocenters. The standard InChI is InChI=1S/C27H38O3/c1-9-10-16-29-27(28)17-21(5)13-11-12-20(4)14-15-25-22(6)18-26(30-19(2)3)24(8)23(25)7/h11-15,17-19H,9-10,16H2,1-8H3. The van der Waals surface area contributed by atoms with Crippen molar-refractivity contribution < 1.29 is 14.3 Å². The quantitative estimate of drug-likeness (QED) is 0.177. The van der Waals surface area contributed by atoms with Crippen molar-refractivity contribution in [3.8, 4) is 5.75 Å². The number of unbranched alkanes of at least 4 members (excludes halogenated alkanes) is 1. The molecular formula is C27H38O3. The zero-order valence-corrected chi connectivity index (χ0v) is 20.0. The van der Waals surface area contributed by atoms with Gasteiger partial charge in [0.25, 0.3) is 0 Å². The first-order valence-corrected chi connectivity index (χ1v) is 10.8. The summed E-state index contributed by atoms with van der Waals surface area (Å²) in [6.45, 7) is 17.0. The van der Waals surface area contributed by atoms with Crippen LogP contribution in [0.25, 0.3) is 6.08 Å². The van der Waals surface area contributed by atoms with Crippen molar-refractivity contribution in [2.24, 2.45) is 0 Å². The van der Waals surface area contributed by atoms with Gasteiger partial charge in [-0.05, 0) is 88.8 Å². The molecule has 0 saturated heterocycles. The predicted molar refractivity (Wildman–Crippen MR) is 128 cm³/mol. The van der Waals surface area contributed by atoms with Crippen molar-refractivity contribution in [3.63, 3.8) is 0 Å². The summed E-state index contributed by atoms with van der Waals surface area (Å²) < 4.78 is 11.1. The Labute approximate surface area is 183 Å². The van der Waals surface area contributed by atoms with Gasteiger partial charge in [-0.15, -0.1) is 0 Å². The average Bonchev–Trinajstić information content (AvgIpc) is 2.65. The Morgan fingerprint density at radius 3 is 2.40 bits per heavy atom. The van der Waals surface area contributed by atoms with Crippen LogP contribution in [0.3, 0.4) is 0 Å². The van der Waals surface area contributed by atoms with E-state index >= 15 is 0 Å². The monoisotopic (exact) mass is 410 g/mol. The average molecular weight is 411 g/mol. The first kappa shape index (κ1) is 25.5. The summed E-state index contributed by atoms with van der Waals surface area (Å²) in [7, 11) is 0. The van der Waals surface area contributed by atoms with E-state index in [9.17, 15) is 4.79 Å². The molecule has 0 radical (unpaired) electrons. The molecule has 0 amide bonds. The van der Waals surface area contributed by atoms with Gasteiger partial charge in [-0.2, -0.15) is 0 Å². The fourth-order valence-electron chi connectivity index (χ4n) is 2.91. The van der Waals surface area contributed by atoms with Gasteiger partial charge in [0.15, 0.2) is 0 Å². The molecule has 1 aromatic carbocycles. The summed E-state index contributed by atoms with van der Waals surface area (Å²) in [6, 6.07) is 2.12. The first-order valence-electron chi connectivity index (χ1n) is 10.8. The van der Waals surface area contributed by atoms with E-state index in [1.807, 2.05) is 39.0 Å². The molecule has 0 bridgehead atoms. The van der Waals surface area contributed by atoms with Crippen LogP contribution in [0, 0.1) is 20.8 Å². The Balaban J connectivity index is 2.83. The van der Waals surface area contributed by atoms with E-state index in [0.717, 1.165) is 29.7 Å². The van der Waals surface area contributed by atoms with Crippen LogP contribution in [0.4, 0.5) is 0 Å². The molecule has 3 heteroatoms. The van der Waals surface area contributed by atoms with Gasteiger partial charge in [0.05, 0.1) is 12.7 Å². The normalized spacial score (nSPS) is 13.0. The van der Waals surface area contributed by atoms with E-state index in [2.05, 4.69) is 52.8 Å². The maximum atomic E-state index is 11.7. The number of benzene rings is 1. The largest absolute Gasteiger partial charge is 0.491 e. The number of rotatable bonds is 10. The van der Waals surface area contributed by atoms with Crippen molar-refractivity contribution in [1.82, 2.24) is 0 Å². The van der Waals surface area contributed by atoms with Gasteiger partial charge in [0.2, 0.25) is 0 Å². The number of aryl methyl sites for hydroxylation is 1. The number of ether oxygens (including phenoxy) is 2. The third-order valence-electron chi connectivity index (χ3n) is 4.79. The summed E-state index contributed by atoms with van der Waals surface area (Å²) in [6.07, 6.45) is 13.8. The Morgan fingerprint density at radius 1 is 1.07 bits per heavy atom. The molecule has 0 aliphatic carbocycles. The number of esters is 1. The molecule has 3 nitrogen and oxygen atoms in total. The van der Waals surface area contributed by atoms with Crippen LogP contribution < -0.4 is 4.74 Å². The zero-order valence-electron chi connectivity index (χ0n) is 20.0. The fraction of sp³-hybridized carbons (Fsp3) is 0.444. The Morgan fingerprint density at radius 2 is 1.77 bits per heavy atom. The number of hydrogen-bond donors (Lipinski definition) is 0. The molecule has 0 aromatic heterocycles. The highest BCUT2D eigenvalue weighted by Crippen LogP contribution is 2.29. The number of hydrogen-bond acceptors (Lipinski definition) is 3. The van der Waals surface area contributed by atoms with Crippen molar-refractivity contribution in [1.29, 1.82) is 0 Å². The van der Waals surface area contributed by atoms with Gasteiger partial charge in [-0.1, -0.05) is 49.3 Å². The summed E-state index contributed by atoms with van der Waals surface area (Å²) in [5.41, 5.74) is 6.85. The molecule has 0 unspecified atom stereocenters. The number of carbonyl (C=O) groups excluding carboxylic acids is 1. The highest BCUT2D eigenvalue weighted by atomic mass is 16.5. The van der Waals surface area contributed by atoms with Gasteiger partial charge in [0.1, 0.15) is 5.75 Å². The first-order chi connectivity index (χ1) is 14.1. The summed E-state index contributed by atoms with van der Waals surface area (Å²) in [5, 5.41) is 0. The maximum Gasteiger partial charge on any atom is 0.331 e. The van der Waals surface area contributed by atoms with Crippen LogP contribution in [0.5, 0.6) is 5.75 Å². The third-order valence-corrected chi connectivity index (χ3v) is 4.79. The second kappa shape index (κ2) is 12.9. The highest BCUT2D eigenvalue weighted by Gasteiger charge is 2.10. The number of allylic oxidation sites excluding steroid dienone is 6. The fourth-order valence-corrected chi connectivity index (χ4v) is 2.91. The molecule has 0 heterocycles. The van der Waals surface area contributed by atoms with Gasteiger partial charge in [0, 0.05) is 6.08 Å². The van der Waals surface area contributed by atoms with Crippen molar-refractivity contribution >= 4 is 12.0 Å². The summed E-state index contributed by atoms with van der Waals surface area (Å²) in [4.78, 5) is 11.7. The molecule has 30 heavy (non-hydrogen) atoms. The Bertz CT molecular complexity index is 836. The van der Waals surface area contributed by atoms with Gasteiger partial charge < -0.3 is 9.47 Å². The molecule has 1 rings (SSSR count). The zero-order chi connectivity index (χ0) is 22.7. The lowest BCUT2D eigenvalue weighted by molar-refractivity contribution is -0.137. The van der Waals surface area contributed by atoms with Gasteiger partial charge in [-0.3, -0.25) is 0 Å². The lowest BCUT2D eigenvalue weighted by Crippen LogP contribution is -2.08. The lowest BCUT2D eigenvalue weighted by atomic mass is 9.96. The van der Waals surface area contributed by atoms with E-state index in [1.54, 1.807) is 0 Å². The molecule has 164 valence electrons. The molecule has 1 aromatic rings. The minimum absolute atomic E-state index is 0.163. The molecule has 0 aliphatic heterocycles. The van der Waals surface area contributed by atoms with Crippen LogP contribution in [0.1, 0.15) is 69.7 Å². The topological polar surface area (TPSA) is 35.5 Å². The van der Waals surface area contributed by atoms with Crippen molar-refractivity contribution in [2.75, 3.05) is 6.61 Å². The van der Waals surface area contributed by atoms with E-state index in [0.29, 0.717) is 6.61 Å². The molecule has 0 saturated carbocycles. The Kier molecular flexibility index (Phi) is 11.0. The SMILES string of the molecule is CCCCOC(=O)C=C(C)C=CC=C(C)C=Cc1c(C)cc(OC(C)C)c(C)c1C. The molecule has 0 N–H and O–H groups in total. The Hall–Kier alpha value is -2.55. The minimum Gasteiger partial charge on any atom is -0.491 e. The predicted octanol–water partition coefficient (Wildman–Crippen LogP) is 7.20. The van der Waals surface area contributed by atoms with E-state index in [-0.39, 0.29) is 12.1 Å². The minimum atomic E-state index is -0.280. The highest BCUT2D eigenvalue weighted by molar-refractivity contribution is 5.83. The van der Waals surface area contributed by atoms with E-state index < -0.39 is 0 Å². The second-order valence-corrected chi connectivity index (χ2v) is 8.03. The van der Waals surface area contributed by atoms with Crippen molar-refractivity contribution in [3.05, 3.63) is 69.8 Å². The van der Waals surface area contributed by atoms with Gasteiger partial charge in [-0.25, -0.2) is 4.79 Å². The third kappa shape index (κ3) is 8.86.